The van der Waals surface area contributed by atoms with Gasteiger partial charge in [0.25, 0.3) is 0 Å². The molecule has 0 radical (unpaired) electrons. The second-order valence-corrected chi connectivity index (χ2v) is 3.34. The average Bonchev–Trinajstić information content (AvgIpc) is 1.99. The maximum Gasteiger partial charge on any atom is -0.00818 e. The van der Waals surface area contributed by atoms with Gasteiger partial charge in [0.1, 0.15) is 0 Å². The first-order valence-corrected chi connectivity index (χ1v) is 4.44. The molecule has 0 aliphatic carbocycles. The Hall–Kier alpha value is -0.520. The Morgan fingerprint density at radius 3 is 2.18 bits per heavy atom. The zero-order valence-electron chi connectivity index (χ0n) is 8.22. The van der Waals surface area contributed by atoms with Crippen molar-refractivity contribution in [3.05, 3.63) is 24.3 Å². The molecule has 64 valence electrons. The van der Waals surface area contributed by atoms with Crippen LogP contribution in [0.3, 0.4) is 0 Å². The summed E-state index contributed by atoms with van der Waals surface area (Å²) in [7, 11) is 0. The molecule has 0 heterocycles. The van der Waals surface area contributed by atoms with Crippen molar-refractivity contribution < 1.29 is 0 Å². The first kappa shape index (κ1) is 10.5. The number of hydrogen-bond donors (Lipinski definition) is 0. The molecule has 0 aliphatic rings. The monoisotopic (exact) mass is 152 g/mol. The van der Waals surface area contributed by atoms with Crippen LogP contribution >= 0.6 is 0 Å². The second kappa shape index (κ2) is 5.17. The van der Waals surface area contributed by atoms with Crippen LogP contribution in [0.15, 0.2) is 24.3 Å². The van der Waals surface area contributed by atoms with Crippen LogP contribution in [0.4, 0.5) is 0 Å². The summed E-state index contributed by atoms with van der Waals surface area (Å²) in [6, 6.07) is 0. The van der Waals surface area contributed by atoms with Crippen molar-refractivity contribution in [2.45, 2.75) is 34.1 Å². The fraction of sp³-hybridized carbons (Fsp3) is 0.636. The van der Waals surface area contributed by atoms with Gasteiger partial charge in [-0.15, -0.1) is 6.58 Å². The third-order valence-electron chi connectivity index (χ3n) is 2.00. The van der Waals surface area contributed by atoms with Crippen LogP contribution in [-0.4, -0.2) is 0 Å². The topological polar surface area (TPSA) is 0 Å². The fourth-order valence-electron chi connectivity index (χ4n) is 1.12. The fourth-order valence-corrected chi connectivity index (χ4v) is 1.12. The van der Waals surface area contributed by atoms with Gasteiger partial charge >= 0.3 is 0 Å². The molecular formula is C11H20. The zero-order chi connectivity index (χ0) is 8.85. The number of allylic oxidation sites excluding steroid dienone is 3. The van der Waals surface area contributed by atoms with Crippen LogP contribution in [0.5, 0.6) is 0 Å². The molecule has 0 aliphatic heterocycles. The highest BCUT2D eigenvalue weighted by atomic mass is 14.1. The predicted molar refractivity (Wildman–Crippen MR) is 52.6 cm³/mol. The van der Waals surface area contributed by atoms with Crippen LogP contribution in [0.25, 0.3) is 0 Å². The van der Waals surface area contributed by atoms with Gasteiger partial charge in [-0.05, 0) is 18.3 Å². The van der Waals surface area contributed by atoms with Crippen LogP contribution < -0.4 is 0 Å². The molecule has 1 unspecified atom stereocenters. The Labute approximate surface area is 71.0 Å². The highest BCUT2D eigenvalue weighted by Crippen LogP contribution is 2.16. The molecule has 0 fully saturated rings. The molecule has 0 aromatic carbocycles. The minimum Gasteiger partial charge on any atom is -0.102 e. The molecule has 0 aromatic heterocycles. The Morgan fingerprint density at radius 2 is 1.91 bits per heavy atom. The van der Waals surface area contributed by atoms with E-state index >= 15 is 0 Å². The molecule has 0 rings (SSSR count). The van der Waals surface area contributed by atoms with Gasteiger partial charge in [0.2, 0.25) is 0 Å². The Kier molecular flexibility index (Phi) is 4.93. The largest absolute Gasteiger partial charge is 0.102 e. The van der Waals surface area contributed by atoms with Gasteiger partial charge in [0, 0.05) is 0 Å². The van der Waals surface area contributed by atoms with E-state index in [4.69, 9.17) is 0 Å². The van der Waals surface area contributed by atoms with Crippen LogP contribution in [0.2, 0.25) is 0 Å². The highest BCUT2D eigenvalue weighted by Gasteiger charge is 2.00. The minimum absolute atomic E-state index is 0.521. The molecule has 0 saturated carbocycles. The second-order valence-electron chi connectivity index (χ2n) is 3.34. The molecule has 0 aromatic rings. The van der Waals surface area contributed by atoms with Crippen molar-refractivity contribution in [1.82, 2.24) is 0 Å². The van der Waals surface area contributed by atoms with E-state index in [9.17, 15) is 0 Å². The van der Waals surface area contributed by atoms with E-state index in [2.05, 4.69) is 40.3 Å². The zero-order valence-corrected chi connectivity index (χ0v) is 8.22. The molecule has 0 saturated heterocycles. The summed E-state index contributed by atoms with van der Waals surface area (Å²) in [6.45, 7) is 12.6. The van der Waals surface area contributed by atoms with Gasteiger partial charge in [-0.2, -0.15) is 0 Å². The normalized spacial score (nSPS) is 15.2. The first-order chi connectivity index (χ1) is 5.11. The first-order valence-electron chi connectivity index (χ1n) is 4.44. The number of rotatable bonds is 4. The number of hydrogen-bond acceptors (Lipinski definition) is 0. The lowest BCUT2D eigenvalue weighted by Crippen LogP contribution is -1.95. The van der Waals surface area contributed by atoms with E-state index in [0.717, 1.165) is 6.42 Å². The standard InChI is InChI=1S/C11H20/c1-6-10(5)8-11(7-2)9(3)4/h6,8-10H,1,7H2,2-5H3. The van der Waals surface area contributed by atoms with Crippen molar-refractivity contribution in [1.29, 1.82) is 0 Å². The quantitative estimate of drug-likeness (QED) is 0.537. The van der Waals surface area contributed by atoms with Gasteiger partial charge in [-0.25, -0.2) is 0 Å². The summed E-state index contributed by atoms with van der Waals surface area (Å²) in [5, 5.41) is 0. The summed E-state index contributed by atoms with van der Waals surface area (Å²) < 4.78 is 0. The van der Waals surface area contributed by atoms with Gasteiger partial charge in [-0.3, -0.25) is 0 Å². The molecule has 0 heteroatoms. The smallest absolute Gasteiger partial charge is 0.00818 e. The lowest BCUT2D eigenvalue weighted by Gasteiger charge is -2.10. The lowest BCUT2D eigenvalue weighted by molar-refractivity contribution is 0.714. The molecular weight excluding hydrogens is 132 g/mol. The van der Waals surface area contributed by atoms with Crippen LogP contribution in [-0.2, 0) is 0 Å². The maximum absolute atomic E-state index is 3.76. The van der Waals surface area contributed by atoms with E-state index in [1.54, 1.807) is 0 Å². The third kappa shape index (κ3) is 4.02. The van der Waals surface area contributed by atoms with Gasteiger partial charge < -0.3 is 0 Å². The van der Waals surface area contributed by atoms with Gasteiger partial charge in [-0.1, -0.05) is 45.4 Å². The van der Waals surface area contributed by atoms with Crippen molar-refractivity contribution in [3.63, 3.8) is 0 Å². The van der Waals surface area contributed by atoms with E-state index in [0.29, 0.717) is 11.8 Å². The van der Waals surface area contributed by atoms with Crippen molar-refractivity contribution in [2.75, 3.05) is 0 Å². The van der Waals surface area contributed by atoms with E-state index in [-0.39, 0.29) is 0 Å². The van der Waals surface area contributed by atoms with Crippen molar-refractivity contribution in [3.8, 4) is 0 Å². The lowest BCUT2D eigenvalue weighted by atomic mass is 9.96. The van der Waals surface area contributed by atoms with Gasteiger partial charge in [0.05, 0.1) is 0 Å². The Balaban J connectivity index is 4.21. The molecule has 0 nitrogen and oxygen atoms in total. The maximum atomic E-state index is 3.76. The molecule has 11 heavy (non-hydrogen) atoms. The Bertz CT molecular complexity index is 140. The van der Waals surface area contributed by atoms with Crippen molar-refractivity contribution in [2.24, 2.45) is 11.8 Å². The van der Waals surface area contributed by atoms with Crippen LogP contribution in [0.1, 0.15) is 34.1 Å². The summed E-state index contributed by atoms with van der Waals surface area (Å²) >= 11 is 0. The summed E-state index contributed by atoms with van der Waals surface area (Å²) in [6.07, 6.45) is 5.46. The minimum atomic E-state index is 0.521. The third-order valence-corrected chi connectivity index (χ3v) is 2.00. The molecule has 0 amide bonds. The van der Waals surface area contributed by atoms with E-state index < -0.39 is 0 Å². The van der Waals surface area contributed by atoms with Crippen molar-refractivity contribution >= 4 is 0 Å². The predicted octanol–water partition coefficient (Wildman–Crippen LogP) is 3.80. The van der Waals surface area contributed by atoms with E-state index in [1.807, 2.05) is 6.08 Å². The highest BCUT2D eigenvalue weighted by molar-refractivity contribution is 5.08. The molecule has 0 bridgehead atoms. The van der Waals surface area contributed by atoms with Crippen LogP contribution in [0, 0.1) is 11.8 Å². The molecule has 0 N–H and O–H groups in total. The summed E-state index contributed by atoms with van der Waals surface area (Å²) in [5.74, 6) is 1.20. The Morgan fingerprint density at radius 1 is 1.36 bits per heavy atom. The summed E-state index contributed by atoms with van der Waals surface area (Å²) in [5.41, 5.74) is 1.54. The molecule has 1 atom stereocenters. The average molecular weight is 152 g/mol. The molecule has 0 spiro atoms. The van der Waals surface area contributed by atoms with E-state index in [1.165, 1.54) is 5.57 Å². The van der Waals surface area contributed by atoms with Gasteiger partial charge in [0.15, 0.2) is 0 Å². The summed E-state index contributed by atoms with van der Waals surface area (Å²) in [4.78, 5) is 0. The SMILES string of the molecule is C=CC(C)C=C(CC)C(C)C.